The smallest absolute Gasteiger partial charge is 0.274 e. The molecule has 4 rings (SSSR count). The second-order valence-electron chi connectivity index (χ2n) is 6.95. The molecule has 2 aromatic rings. The highest BCUT2D eigenvalue weighted by atomic mass is 16.2. The van der Waals surface area contributed by atoms with Crippen LogP contribution >= 0.6 is 0 Å². The zero-order valence-electron chi connectivity index (χ0n) is 13.8. The van der Waals surface area contributed by atoms with Gasteiger partial charge in [-0.3, -0.25) is 4.79 Å². The van der Waals surface area contributed by atoms with E-state index in [1.54, 1.807) is 0 Å². The third kappa shape index (κ3) is 3.30. The van der Waals surface area contributed by atoms with Crippen LogP contribution < -0.4 is 0 Å². The molecule has 1 fully saturated rings. The number of hydrogen-bond acceptors (Lipinski definition) is 4. The summed E-state index contributed by atoms with van der Waals surface area (Å²) >= 11 is 0. The van der Waals surface area contributed by atoms with Gasteiger partial charge in [-0.1, -0.05) is 30.7 Å². The summed E-state index contributed by atoms with van der Waals surface area (Å²) in [5, 5.41) is 11.9. The second-order valence-corrected chi connectivity index (χ2v) is 6.95. The number of carbonyl (C=O) groups is 1. The molecule has 1 aromatic heterocycles. The lowest BCUT2D eigenvalue weighted by Crippen LogP contribution is -2.36. The fourth-order valence-corrected chi connectivity index (χ4v) is 3.83. The Morgan fingerprint density at radius 2 is 1.96 bits per heavy atom. The van der Waals surface area contributed by atoms with Gasteiger partial charge in [0.25, 0.3) is 5.91 Å². The summed E-state index contributed by atoms with van der Waals surface area (Å²) in [7, 11) is 0. The summed E-state index contributed by atoms with van der Waals surface area (Å²) in [5.74, 6) is 0.519. The Morgan fingerprint density at radius 3 is 2.92 bits per heavy atom. The first-order valence-corrected chi connectivity index (χ1v) is 8.84. The molecule has 1 aromatic carbocycles. The molecule has 0 N–H and O–H groups in total. The topological polar surface area (TPSA) is 59.0 Å². The second kappa shape index (κ2) is 6.67. The highest BCUT2D eigenvalue weighted by molar-refractivity contribution is 5.92. The standard InChI is InChI=1S/C19H22N4O/c24-19-18-12-17(20-22-21-18)8-7-14-5-3-6-15(10-14)11-16-4-1-2-9-23(19)13-16/h3,5-6,10,12,16H,1-2,4,7-9,11,13H2. The van der Waals surface area contributed by atoms with Gasteiger partial charge in [0, 0.05) is 13.1 Å². The highest BCUT2D eigenvalue weighted by Crippen LogP contribution is 2.23. The van der Waals surface area contributed by atoms with Crippen LogP contribution in [-0.4, -0.2) is 39.3 Å². The van der Waals surface area contributed by atoms with Crippen molar-refractivity contribution in [3.63, 3.8) is 0 Å². The summed E-state index contributed by atoms with van der Waals surface area (Å²) in [4.78, 5) is 14.8. The number of nitrogens with zero attached hydrogens (tertiary/aromatic N) is 4. The molecular weight excluding hydrogens is 300 g/mol. The van der Waals surface area contributed by atoms with Gasteiger partial charge < -0.3 is 4.90 Å². The van der Waals surface area contributed by atoms with Crippen molar-refractivity contribution in [3.05, 3.63) is 52.8 Å². The van der Waals surface area contributed by atoms with Crippen molar-refractivity contribution < 1.29 is 4.79 Å². The van der Waals surface area contributed by atoms with Gasteiger partial charge >= 0.3 is 0 Å². The maximum Gasteiger partial charge on any atom is 0.274 e. The number of rotatable bonds is 0. The van der Waals surface area contributed by atoms with Crippen LogP contribution in [0.3, 0.4) is 0 Å². The first kappa shape index (κ1) is 15.2. The van der Waals surface area contributed by atoms with Gasteiger partial charge in [0.1, 0.15) is 0 Å². The summed E-state index contributed by atoms with van der Waals surface area (Å²) < 4.78 is 0. The SMILES string of the molecule is O=C1c2cc(nnn2)CCc2cccc(c2)CC2CCCCN1C2. The molecule has 1 unspecified atom stereocenters. The van der Waals surface area contributed by atoms with Gasteiger partial charge in [0.2, 0.25) is 0 Å². The first-order valence-electron chi connectivity index (χ1n) is 8.84. The van der Waals surface area contributed by atoms with Crippen LogP contribution in [0.4, 0.5) is 0 Å². The lowest BCUT2D eigenvalue weighted by Gasteiger charge is -2.24. The van der Waals surface area contributed by atoms with E-state index in [0.29, 0.717) is 11.6 Å². The zero-order chi connectivity index (χ0) is 16.4. The third-order valence-electron chi connectivity index (χ3n) is 5.09. The molecule has 3 heterocycles. The molecule has 1 saturated heterocycles. The number of aromatic nitrogens is 3. The fraction of sp³-hybridized carbons (Fsp3) is 0.474. The molecule has 6 bridgehead atoms. The monoisotopic (exact) mass is 322 g/mol. The van der Waals surface area contributed by atoms with Crippen LogP contribution in [-0.2, 0) is 19.3 Å². The van der Waals surface area contributed by atoms with E-state index in [1.807, 2.05) is 11.0 Å². The van der Waals surface area contributed by atoms with E-state index in [2.05, 4.69) is 39.7 Å². The number of carbonyl (C=O) groups excluding carboxylic acids is 1. The Bertz CT molecular complexity index is 746. The maximum atomic E-state index is 12.9. The van der Waals surface area contributed by atoms with Crippen LogP contribution in [0.1, 0.15) is 46.6 Å². The van der Waals surface area contributed by atoms with Gasteiger partial charge in [-0.25, -0.2) is 0 Å². The molecule has 24 heavy (non-hydrogen) atoms. The molecule has 1 atom stereocenters. The third-order valence-corrected chi connectivity index (χ3v) is 5.09. The highest BCUT2D eigenvalue weighted by Gasteiger charge is 2.25. The summed E-state index contributed by atoms with van der Waals surface area (Å²) in [6, 6.07) is 10.7. The molecule has 1 amide bonds. The Labute approximate surface area is 142 Å². The van der Waals surface area contributed by atoms with Crippen molar-refractivity contribution >= 4 is 5.91 Å². The van der Waals surface area contributed by atoms with Gasteiger partial charge in [-0.15, -0.1) is 10.2 Å². The Kier molecular flexibility index (Phi) is 4.24. The van der Waals surface area contributed by atoms with E-state index in [4.69, 9.17) is 0 Å². The van der Waals surface area contributed by atoms with Crippen molar-refractivity contribution in [2.24, 2.45) is 5.92 Å². The molecule has 0 spiro atoms. The minimum atomic E-state index is 0.00371. The van der Waals surface area contributed by atoms with Crippen molar-refractivity contribution in [1.29, 1.82) is 0 Å². The fourth-order valence-electron chi connectivity index (χ4n) is 3.83. The van der Waals surface area contributed by atoms with Crippen LogP contribution in [0.25, 0.3) is 0 Å². The van der Waals surface area contributed by atoms with Crippen LogP contribution in [0.15, 0.2) is 30.3 Å². The van der Waals surface area contributed by atoms with Crippen molar-refractivity contribution in [2.45, 2.75) is 38.5 Å². The Balaban J connectivity index is 1.73. The van der Waals surface area contributed by atoms with Crippen molar-refractivity contribution in [1.82, 2.24) is 20.3 Å². The normalized spacial score (nSPS) is 21.2. The Morgan fingerprint density at radius 1 is 1.04 bits per heavy atom. The molecule has 2 aliphatic heterocycles. The summed E-state index contributed by atoms with van der Waals surface area (Å²) in [5.41, 5.74) is 3.97. The number of hydrogen-bond donors (Lipinski definition) is 0. The number of aryl methyl sites for hydroxylation is 2. The average molecular weight is 322 g/mol. The Hall–Kier alpha value is -2.30. The quantitative estimate of drug-likeness (QED) is 0.747. The molecule has 5 nitrogen and oxygen atoms in total. The van der Waals surface area contributed by atoms with Crippen LogP contribution in [0.2, 0.25) is 0 Å². The van der Waals surface area contributed by atoms with Crippen molar-refractivity contribution in [3.8, 4) is 0 Å². The van der Waals surface area contributed by atoms with Crippen LogP contribution in [0, 0.1) is 5.92 Å². The lowest BCUT2D eigenvalue weighted by molar-refractivity contribution is 0.0733. The van der Waals surface area contributed by atoms with E-state index in [0.717, 1.165) is 44.5 Å². The van der Waals surface area contributed by atoms with Crippen LogP contribution in [0.5, 0.6) is 0 Å². The lowest BCUT2D eigenvalue weighted by atomic mass is 9.93. The van der Waals surface area contributed by atoms with E-state index in [9.17, 15) is 4.79 Å². The molecule has 0 saturated carbocycles. The van der Waals surface area contributed by atoms with Gasteiger partial charge in [-0.05, 0) is 60.4 Å². The van der Waals surface area contributed by atoms with E-state index < -0.39 is 0 Å². The van der Waals surface area contributed by atoms with Crippen molar-refractivity contribution in [2.75, 3.05) is 13.1 Å². The predicted molar refractivity (Wildman–Crippen MR) is 90.6 cm³/mol. The predicted octanol–water partition coefficient (Wildman–Crippen LogP) is 2.46. The zero-order valence-corrected chi connectivity index (χ0v) is 13.8. The number of amides is 1. The molecule has 0 radical (unpaired) electrons. The molecule has 2 aliphatic rings. The molecule has 124 valence electrons. The van der Waals surface area contributed by atoms with E-state index in [1.165, 1.54) is 24.0 Å². The van der Waals surface area contributed by atoms with E-state index >= 15 is 0 Å². The number of fused-ring (bicyclic) bond motifs is 6. The minimum absolute atomic E-state index is 0.00371. The van der Waals surface area contributed by atoms with E-state index in [-0.39, 0.29) is 5.91 Å². The maximum absolute atomic E-state index is 12.9. The molecular formula is C19H22N4O. The minimum Gasteiger partial charge on any atom is -0.337 e. The molecule has 5 heteroatoms. The van der Waals surface area contributed by atoms with Gasteiger partial charge in [0.05, 0.1) is 5.69 Å². The molecule has 0 aliphatic carbocycles. The number of benzene rings is 1. The average Bonchev–Trinajstić information content (AvgIpc) is 2.85. The van der Waals surface area contributed by atoms with Gasteiger partial charge in [-0.2, -0.15) is 0 Å². The first-order chi connectivity index (χ1) is 11.8. The van der Waals surface area contributed by atoms with Gasteiger partial charge in [0.15, 0.2) is 5.69 Å². The largest absolute Gasteiger partial charge is 0.337 e. The summed E-state index contributed by atoms with van der Waals surface area (Å²) in [6.07, 6.45) is 6.16. The summed E-state index contributed by atoms with van der Waals surface area (Å²) in [6.45, 7) is 1.62.